The minimum atomic E-state index is -0.567. The fourth-order valence-electron chi connectivity index (χ4n) is 2.65. The molecule has 0 aliphatic carbocycles. The van der Waals surface area contributed by atoms with Crippen molar-refractivity contribution in [3.05, 3.63) is 62.6 Å². The molecule has 29 heavy (non-hydrogen) atoms. The van der Waals surface area contributed by atoms with Crippen molar-refractivity contribution < 1.29 is 14.5 Å². The molecule has 0 heterocycles. The summed E-state index contributed by atoms with van der Waals surface area (Å²) in [6, 6.07) is 10.6. The van der Waals surface area contributed by atoms with E-state index in [2.05, 4.69) is 10.6 Å². The van der Waals surface area contributed by atoms with Crippen molar-refractivity contribution in [3.8, 4) is 0 Å². The minimum Gasteiger partial charge on any atom is -0.324 e. The number of nitro groups is 1. The summed E-state index contributed by atoms with van der Waals surface area (Å²) >= 11 is 11.9. The van der Waals surface area contributed by atoms with Crippen LogP contribution in [0.4, 0.5) is 17.1 Å². The number of nitrogens with zero attached hydrogens (tertiary/aromatic N) is 2. The van der Waals surface area contributed by atoms with Crippen LogP contribution in [0.25, 0.3) is 0 Å². The van der Waals surface area contributed by atoms with E-state index >= 15 is 0 Å². The number of halogens is 2. The number of hydrogen-bond acceptors (Lipinski definition) is 5. The highest BCUT2D eigenvalue weighted by molar-refractivity contribution is 6.36. The monoisotopic (exact) mass is 438 g/mol. The molecule has 0 saturated heterocycles. The molecule has 2 rings (SSSR count). The van der Waals surface area contributed by atoms with Gasteiger partial charge in [0, 0.05) is 11.1 Å². The van der Waals surface area contributed by atoms with Gasteiger partial charge in [0.25, 0.3) is 5.69 Å². The van der Waals surface area contributed by atoms with Gasteiger partial charge in [-0.2, -0.15) is 0 Å². The molecule has 2 amide bonds. The average molecular weight is 439 g/mol. The first-order chi connectivity index (χ1) is 13.8. The maximum Gasteiger partial charge on any atom is 0.292 e. The topological polar surface area (TPSA) is 105 Å². The summed E-state index contributed by atoms with van der Waals surface area (Å²) in [4.78, 5) is 36.9. The molecule has 0 unspecified atom stereocenters. The van der Waals surface area contributed by atoms with E-state index in [-0.39, 0.29) is 30.4 Å². The minimum absolute atomic E-state index is 0.0445. The zero-order valence-electron chi connectivity index (χ0n) is 15.7. The number of nitrogens with one attached hydrogen (secondary N) is 2. The number of benzene rings is 2. The Balaban J connectivity index is 1.99. The van der Waals surface area contributed by atoms with E-state index in [1.807, 2.05) is 6.92 Å². The smallest absolute Gasteiger partial charge is 0.292 e. The Labute approximate surface area is 177 Å². The van der Waals surface area contributed by atoms with Crippen LogP contribution in [0.5, 0.6) is 0 Å². The lowest BCUT2D eigenvalue weighted by atomic mass is 10.2. The predicted molar refractivity (Wildman–Crippen MR) is 114 cm³/mol. The standard InChI is InChI=1S/C19H20Cl2N4O4/c1-2-9-24(11-18(26)22-15-8-7-13(20)10-14(15)21)12-19(27)23-16-5-3-4-6-17(16)25(28)29/h3-8,10H,2,9,11-12H2,1H3,(H,22,26)(H,23,27). The van der Waals surface area contributed by atoms with Crippen LogP contribution >= 0.6 is 23.2 Å². The SMILES string of the molecule is CCCN(CC(=O)Nc1ccc(Cl)cc1Cl)CC(=O)Nc1ccccc1[N+](=O)[O-]. The van der Waals surface area contributed by atoms with Crippen LogP contribution < -0.4 is 10.6 Å². The molecule has 0 aromatic heterocycles. The molecule has 8 nitrogen and oxygen atoms in total. The Kier molecular flexibility index (Phi) is 8.38. The fraction of sp³-hybridized carbons (Fsp3) is 0.263. The maximum atomic E-state index is 12.4. The Morgan fingerprint density at radius 3 is 2.24 bits per heavy atom. The third-order valence-corrected chi connectivity index (χ3v) is 4.40. The third kappa shape index (κ3) is 7.01. The molecule has 0 bridgehead atoms. The first kappa shape index (κ1) is 22.6. The van der Waals surface area contributed by atoms with E-state index in [1.165, 1.54) is 24.3 Å². The summed E-state index contributed by atoms with van der Waals surface area (Å²) in [5, 5.41) is 17.0. The molecule has 0 aliphatic heterocycles. The summed E-state index contributed by atoms with van der Waals surface area (Å²) in [6.07, 6.45) is 0.716. The van der Waals surface area contributed by atoms with Crippen LogP contribution in [0.1, 0.15) is 13.3 Å². The number of carbonyl (C=O) groups is 2. The van der Waals surface area contributed by atoms with Crippen molar-refractivity contribution in [2.75, 3.05) is 30.3 Å². The molecule has 0 radical (unpaired) electrons. The zero-order valence-corrected chi connectivity index (χ0v) is 17.2. The summed E-state index contributed by atoms with van der Waals surface area (Å²) in [5.41, 5.74) is 0.330. The lowest BCUT2D eigenvalue weighted by molar-refractivity contribution is -0.383. The van der Waals surface area contributed by atoms with Crippen molar-refractivity contribution in [2.24, 2.45) is 0 Å². The molecule has 0 aliphatic rings. The number of para-hydroxylation sites is 2. The van der Waals surface area contributed by atoms with Gasteiger partial charge in [0.15, 0.2) is 0 Å². The lowest BCUT2D eigenvalue weighted by Crippen LogP contribution is -2.39. The third-order valence-electron chi connectivity index (χ3n) is 3.85. The van der Waals surface area contributed by atoms with E-state index in [1.54, 1.807) is 23.1 Å². The molecule has 0 saturated carbocycles. The zero-order chi connectivity index (χ0) is 21.4. The van der Waals surface area contributed by atoms with E-state index < -0.39 is 10.8 Å². The molecule has 2 N–H and O–H groups in total. The van der Waals surface area contributed by atoms with E-state index in [0.29, 0.717) is 28.7 Å². The number of carbonyl (C=O) groups excluding carboxylic acids is 2. The number of amides is 2. The Bertz CT molecular complexity index is 908. The second kappa shape index (κ2) is 10.8. The Morgan fingerprint density at radius 2 is 1.66 bits per heavy atom. The lowest BCUT2D eigenvalue weighted by Gasteiger charge is -2.20. The van der Waals surface area contributed by atoms with Crippen molar-refractivity contribution in [1.29, 1.82) is 0 Å². The molecule has 10 heteroatoms. The van der Waals surface area contributed by atoms with Gasteiger partial charge < -0.3 is 10.6 Å². The van der Waals surface area contributed by atoms with E-state index in [9.17, 15) is 19.7 Å². The molecule has 154 valence electrons. The van der Waals surface area contributed by atoms with Crippen LogP contribution in [0.15, 0.2) is 42.5 Å². The number of nitro benzene ring substituents is 1. The highest BCUT2D eigenvalue weighted by Gasteiger charge is 2.18. The second-order valence-corrected chi connectivity index (χ2v) is 7.05. The summed E-state index contributed by atoms with van der Waals surface area (Å²) in [6.45, 7) is 2.27. The molecular weight excluding hydrogens is 419 g/mol. The van der Waals surface area contributed by atoms with Crippen LogP contribution in [0, 0.1) is 10.1 Å². The highest BCUT2D eigenvalue weighted by Crippen LogP contribution is 2.25. The van der Waals surface area contributed by atoms with Crippen LogP contribution in [0.3, 0.4) is 0 Å². The highest BCUT2D eigenvalue weighted by atomic mass is 35.5. The Morgan fingerprint density at radius 1 is 1.03 bits per heavy atom. The van der Waals surface area contributed by atoms with Gasteiger partial charge in [-0.1, -0.05) is 42.3 Å². The van der Waals surface area contributed by atoms with Crippen molar-refractivity contribution >= 4 is 52.1 Å². The van der Waals surface area contributed by atoms with Crippen molar-refractivity contribution in [2.45, 2.75) is 13.3 Å². The molecule has 2 aromatic rings. The molecule has 2 aromatic carbocycles. The summed E-state index contributed by atoms with van der Waals surface area (Å²) in [5.74, 6) is -0.800. The molecule has 0 spiro atoms. The summed E-state index contributed by atoms with van der Waals surface area (Å²) < 4.78 is 0. The molecule has 0 atom stereocenters. The van der Waals surface area contributed by atoms with E-state index in [4.69, 9.17) is 23.2 Å². The largest absolute Gasteiger partial charge is 0.324 e. The van der Waals surface area contributed by atoms with Crippen molar-refractivity contribution in [3.63, 3.8) is 0 Å². The van der Waals surface area contributed by atoms with Gasteiger partial charge in [-0.25, -0.2) is 0 Å². The quantitative estimate of drug-likeness (QED) is 0.450. The average Bonchev–Trinajstić information content (AvgIpc) is 2.64. The predicted octanol–water partition coefficient (Wildman–Crippen LogP) is 4.19. The molecule has 0 fully saturated rings. The second-order valence-electron chi connectivity index (χ2n) is 6.21. The van der Waals surface area contributed by atoms with Gasteiger partial charge in [0.05, 0.1) is 28.7 Å². The van der Waals surface area contributed by atoms with Gasteiger partial charge in [0.1, 0.15) is 5.69 Å². The normalized spacial score (nSPS) is 10.6. The molecular formula is C19H20Cl2N4O4. The Hall–Kier alpha value is -2.68. The van der Waals surface area contributed by atoms with Gasteiger partial charge in [-0.15, -0.1) is 0 Å². The first-order valence-electron chi connectivity index (χ1n) is 8.80. The number of rotatable bonds is 9. The van der Waals surface area contributed by atoms with Crippen LogP contribution in [-0.4, -0.2) is 41.3 Å². The fourth-order valence-corrected chi connectivity index (χ4v) is 3.10. The number of anilines is 2. The number of hydrogen-bond donors (Lipinski definition) is 2. The van der Waals surface area contributed by atoms with Crippen molar-refractivity contribution in [1.82, 2.24) is 4.90 Å². The van der Waals surface area contributed by atoms with Gasteiger partial charge in [-0.3, -0.25) is 24.6 Å². The van der Waals surface area contributed by atoms with Gasteiger partial charge in [0.2, 0.25) is 11.8 Å². The summed E-state index contributed by atoms with van der Waals surface area (Å²) in [7, 11) is 0. The van der Waals surface area contributed by atoms with Gasteiger partial charge in [-0.05, 0) is 37.2 Å². The van der Waals surface area contributed by atoms with E-state index in [0.717, 1.165) is 0 Å². The first-order valence-corrected chi connectivity index (χ1v) is 9.56. The maximum absolute atomic E-state index is 12.4. The van der Waals surface area contributed by atoms with Crippen LogP contribution in [0.2, 0.25) is 10.0 Å². The van der Waals surface area contributed by atoms with Gasteiger partial charge >= 0.3 is 0 Å². The van der Waals surface area contributed by atoms with Crippen LogP contribution in [-0.2, 0) is 9.59 Å².